The molecule has 4 N–H and O–H groups in total. The van der Waals surface area contributed by atoms with Crippen LogP contribution < -0.4 is 16.4 Å². The van der Waals surface area contributed by atoms with E-state index < -0.39 is 5.82 Å². The lowest BCUT2D eigenvalue weighted by Crippen LogP contribution is -2.36. The molecule has 36 heavy (non-hydrogen) atoms. The van der Waals surface area contributed by atoms with Crippen molar-refractivity contribution < 1.29 is 13.9 Å². The van der Waals surface area contributed by atoms with Crippen molar-refractivity contribution in [3.8, 4) is 0 Å². The van der Waals surface area contributed by atoms with Crippen molar-refractivity contribution in [1.82, 2.24) is 19.5 Å². The zero-order valence-electron chi connectivity index (χ0n) is 19.8. The number of nitrogens with one attached hydrogen (secondary N) is 2. The molecule has 1 aliphatic carbocycles. The number of amides is 1. The highest BCUT2D eigenvalue weighted by Crippen LogP contribution is 2.38. The van der Waals surface area contributed by atoms with Crippen molar-refractivity contribution >= 4 is 57.9 Å². The second-order valence-corrected chi connectivity index (χ2v) is 10.4. The number of carbonyl (C=O) groups excluding carboxylic acids is 1. The van der Waals surface area contributed by atoms with Crippen molar-refractivity contribution in [1.29, 1.82) is 0 Å². The lowest BCUT2D eigenvalue weighted by Gasteiger charge is -2.30. The second-order valence-electron chi connectivity index (χ2n) is 9.58. The van der Waals surface area contributed by atoms with Crippen LogP contribution in [0.5, 0.6) is 0 Å². The summed E-state index contributed by atoms with van der Waals surface area (Å²) in [6.07, 6.45) is 5.24. The summed E-state index contributed by atoms with van der Waals surface area (Å²) in [6, 6.07) is 2.83. The van der Waals surface area contributed by atoms with Crippen LogP contribution in [-0.2, 0) is 9.53 Å². The van der Waals surface area contributed by atoms with Crippen LogP contribution in [0.4, 0.5) is 22.0 Å². The molecule has 0 bridgehead atoms. The highest BCUT2D eigenvalue weighted by molar-refractivity contribution is 6.36. The monoisotopic (exact) mass is 535 g/mol. The molecule has 1 amide bonds. The minimum Gasteiger partial charge on any atom is -0.381 e. The summed E-state index contributed by atoms with van der Waals surface area (Å²) >= 11 is 12.2. The Kier molecular flexibility index (Phi) is 7.18. The number of imidazole rings is 1. The Labute approximate surface area is 217 Å². The number of nitrogens with two attached hydrogens (primary N) is 1. The predicted octanol–water partition coefficient (Wildman–Crippen LogP) is 5.07. The quantitative estimate of drug-likeness (QED) is 0.402. The Hall–Kier alpha value is -2.69. The highest BCUT2D eigenvalue weighted by atomic mass is 35.5. The normalized spacial score (nSPS) is 24.6. The van der Waals surface area contributed by atoms with Gasteiger partial charge in [0.1, 0.15) is 11.3 Å². The third-order valence-electron chi connectivity index (χ3n) is 7.10. The van der Waals surface area contributed by atoms with E-state index >= 15 is 0 Å². The Morgan fingerprint density at radius 3 is 2.67 bits per heavy atom. The first kappa shape index (κ1) is 25.0. The molecule has 3 heterocycles. The van der Waals surface area contributed by atoms with Gasteiger partial charge in [-0.2, -0.15) is 4.98 Å². The highest BCUT2D eigenvalue weighted by Gasteiger charge is 2.30. The van der Waals surface area contributed by atoms with Gasteiger partial charge >= 0.3 is 0 Å². The maximum absolute atomic E-state index is 14.8. The van der Waals surface area contributed by atoms with Crippen molar-refractivity contribution in [2.45, 2.75) is 51.1 Å². The molecule has 2 fully saturated rings. The van der Waals surface area contributed by atoms with E-state index in [2.05, 4.69) is 27.5 Å². The van der Waals surface area contributed by atoms with Gasteiger partial charge in [0.15, 0.2) is 5.65 Å². The average Bonchev–Trinajstić information content (AvgIpc) is 3.20. The van der Waals surface area contributed by atoms with Gasteiger partial charge in [0.2, 0.25) is 17.8 Å². The Morgan fingerprint density at radius 2 is 1.97 bits per heavy atom. The average molecular weight is 536 g/mol. The number of carbonyl (C=O) groups is 1. The van der Waals surface area contributed by atoms with Crippen LogP contribution in [0.25, 0.3) is 11.2 Å². The first-order valence-corrected chi connectivity index (χ1v) is 12.9. The Morgan fingerprint density at radius 1 is 1.19 bits per heavy atom. The Balaban J connectivity index is 1.53. The zero-order chi connectivity index (χ0) is 25.4. The van der Waals surface area contributed by atoms with Gasteiger partial charge in [-0.05, 0) is 50.2 Å². The third-order valence-corrected chi connectivity index (χ3v) is 7.61. The molecular weight excluding hydrogens is 508 g/mol. The molecule has 2 aliphatic rings. The summed E-state index contributed by atoms with van der Waals surface area (Å²) in [5, 5.41) is 6.83. The molecule has 1 saturated heterocycles. The molecule has 0 spiro atoms. The number of fused-ring (bicyclic) bond motifs is 1. The van der Waals surface area contributed by atoms with Gasteiger partial charge in [0.05, 0.1) is 23.5 Å². The third kappa shape index (κ3) is 5.07. The van der Waals surface area contributed by atoms with E-state index in [-0.39, 0.29) is 39.6 Å². The number of hydrogen-bond acceptors (Lipinski definition) is 7. The fraction of sp³-hybridized carbons (Fsp3) is 0.500. The first-order valence-electron chi connectivity index (χ1n) is 12.1. The molecule has 0 radical (unpaired) electrons. The van der Waals surface area contributed by atoms with Crippen LogP contribution >= 0.6 is 23.2 Å². The topological polar surface area (TPSA) is 120 Å². The number of primary amides is 1. The van der Waals surface area contributed by atoms with Gasteiger partial charge in [-0.1, -0.05) is 30.1 Å². The van der Waals surface area contributed by atoms with Crippen LogP contribution in [0.2, 0.25) is 10.0 Å². The maximum atomic E-state index is 14.8. The number of nitrogens with zero attached hydrogens (tertiary/aromatic N) is 4. The summed E-state index contributed by atoms with van der Waals surface area (Å²) in [5.41, 5.74) is 6.79. The summed E-state index contributed by atoms with van der Waals surface area (Å²) < 4.78 is 22.3. The Bertz CT molecular complexity index is 1260. The van der Waals surface area contributed by atoms with E-state index in [9.17, 15) is 9.18 Å². The number of ether oxygens (including phenoxy) is 1. The summed E-state index contributed by atoms with van der Waals surface area (Å²) in [6.45, 7) is 3.50. The van der Waals surface area contributed by atoms with Gasteiger partial charge in [-0.3, -0.25) is 9.36 Å². The van der Waals surface area contributed by atoms with Gasteiger partial charge < -0.3 is 21.1 Å². The molecular formula is C24H28Cl2FN7O2. The molecule has 3 aromatic rings. The van der Waals surface area contributed by atoms with E-state index in [1.807, 2.05) is 4.57 Å². The zero-order valence-corrected chi connectivity index (χ0v) is 21.3. The minimum atomic E-state index is -0.592. The molecule has 0 unspecified atom stereocenters. The SMILES string of the molecule is C[C@H]1COCC[C@H]1Nc1ncc2nc(Nc3c(F)cc(Cl)cc3Cl)n(C3CCC(C(N)=O)CC3)c2n1. The molecule has 1 aliphatic heterocycles. The minimum absolute atomic E-state index is 0.0213. The van der Waals surface area contributed by atoms with Crippen LogP contribution in [0, 0.1) is 17.7 Å². The van der Waals surface area contributed by atoms with Gasteiger partial charge in [-0.25, -0.2) is 14.4 Å². The number of rotatable bonds is 6. The number of aromatic nitrogens is 4. The van der Waals surface area contributed by atoms with Crippen molar-refractivity contribution in [3.63, 3.8) is 0 Å². The second kappa shape index (κ2) is 10.4. The number of halogens is 3. The molecule has 1 saturated carbocycles. The van der Waals surface area contributed by atoms with E-state index in [1.54, 1.807) is 6.20 Å². The fourth-order valence-electron chi connectivity index (χ4n) is 5.05. The van der Waals surface area contributed by atoms with E-state index in [0.717, 1.165) is 6.42 Å². The number of benzene rings is 1. The largest absolute Gasteiger partial charge is 0.381 e. The molecule has 192 valence electrons. The van der Waals surface area contributed by atoms with Gasteiger partial charge in [0.25, 0.3) is 0 Å². The van der Waals surface area contributed by atoms with E-state index in [4.69, 9.17) is 38.7 Å². The summed E-state index contributed by atoms with van der Waals surface area (Å²) in [5.74, 6) is 0.177. The van der Waals surface area contributed by atoms with Crippen molar-refractivity contribution in [2.24, 2.45) is 17.6 Å². The summed E-state index contributed by atoms with van der Waals surface area (Å²) in [4.78, 5) is 25.7. The summed E-state index contributed by atoms with van der Waals surface area (Å²) in [7, 11) is 0. The molecule has 5 rings (SSSR count). The first-order chi connectivity index (χ1) is 17.3. The van der Waals surface area contributed by atoms with E-state index in [0.29, 0.717) is 67.9 Å². The fourth-order valence-corrected chi connectivity index (χ4v) is 5.56. The molecule has 2 aromatic heterocycles. The lowest BCUT2D eigenvalue weighted by atomic mass is 9.85. The van der Waals surface area contributed by atoms with Crippen LogP contribution in [0.15, 0.2) is 18.3 Å². The van der Waals surface area contributed by atoms with Crippen LogP contribution in [0.3, 0.4) is 0 Å². The molecule has 2 atom stereocenters. The van der Waals surface area contributed by atoms with Crippen LogP contribution in [0.1, 0.15) is 45.1 Å². The molecule has 1 aromatic carbocycles. The van der Waals surface area contributed by atoms with Crippen molar-refractivity contribution in [3.05, 3.63) is 34.2 Å². The predicted molar refractivity (Wildman–Crippen MR) is 137 cm³/mol. The standard InChI is InChI=1S/C24H28Cl2FN7O2/c1-12-11-36-7-6-18(12)30-23-29-10-19-22(33-23)34(15-4-2-13(3-5-15)21(28)35)24(31-19)32-20-16(26)8-14(25)9-17(20)27/h8-10,12-13,15,18H,2-7,11H2,1H3,(H2,28,35)(H,31,32)(H,29,30,33)/t12-,13?,15?,18+/m0/s1. The van der Waals surface area contributed by atoms with E-state index in [1.165, 1.54) is 12.1 Å². The molecule has 9 nitrogen and oxygen atoms in total. The smallest absolute Gasteiger partial charge is 0.224 e. The van der Waals surface area contributed by atoms with Gasteiger partial charge in [0, 0.05) is 29.6 Å². The van der Waals surface area contributed by atoms with Gasteiger partial charge in [-0.15, -0.1) is 0 Å². The van der Waals surface area contributed by atoms with Crippen LogP contribution in [-0.4, -0.2) is 44.7 Å². The molecule has 12 heteroatoms. The van der Waals surface area contributed by atoms with Crippen molar-refractivity contribution in [2.75, 3.05) is 23.8 Å². The maximum Gasteiger partial charge on any atom is 0.224 e. The number of hydrogen-bond donors (Lipinski definition) is 3. The lowest BCUT2D eigenvalue weighted by molar-refractivity contribution is -0.122. The number of anilines is 3.